The maximum Gasteiger partial charge on any atom is 0.309 e. The van der Waals surface area contributed by atoms with Crippen LogP contribution in [0.1, 0.15) is 100.0 Å². The van der Waals surface area contributed by atoms with Crippen molar-refractivity contribution in [1.29, 1.82) is 0 Å². The van der Waals surface area contributed by atoms with Gasteiger partial charge in [-0.3, -0.25) is 4.79 Å². The molecule has 1 saturated carbocycles. The summed E-state index contributed by atoms with van der Waals surface area (Å²) in [7, 11) is 0. The van der Waals surface area contributed by atoms with Crippen LogP contribution >= 0.6 is 0 Å². The van der Waals surface area contributed by atoms with Gasteiger partial charge in [0.15, 0.2) is 0 Å². The van der Waals surface area contributed by atoms with Crippen LogP contribution in [0.3, 0.4) is 0 Å². The Bertz CT molecular complexity index is 660. The molecule has 0 amide bonds. The minimum atomic E-state index is -0.580. The van der Waals surface area contributed by atoms with Crippen LogP contribution in [0.4, 0.5) is 0 Å². The highest BCUT2D eigenvalue weighted by atomic mass is 16.4. The van der Waals surface area contributed by atoms with Gasteiger partial charge < -0.3 is 5.11 Å². The van der Waals surface area contributed by atoms with Crippen LogP contribution < -0.4 is 0 Å². The Labute approximate surface area is 166 Å². The molecule has 0 aliphatic heterocycles. The number of carboxylic acid groups (broad SMARTS) is 1. The highest BCUT2D eigenvalue weighted by Crippen LogP contribution is 2.50. The molecule has 0 unspecified atom stereocenters. The van der Waals surface area contributed by atoms with E-state index in [0.29, 0.717) is 5.41 Å². The van der Waals surface area contributed by atoms with E-state index < -0.39 is 5.97 Å². The number of aliphatic carboxylic acids is 1. The Balaban J connectivity index is 1.96. The zero-order chi connectivity index (χ0) is 20.2. The smallest absolute Gasteiger partial charge is 0.309 e. The summed E-state index contributed by atoms with van der Waals surface area (Å²) in [4.78, 5) is 11.3. The van der Waals surface area contributed by atoms with Gasteiger partial charge in [0.2, 0.25) is 0 Å². The minimum absolute atomic E-state index is 0.366. The van der Waals surface area contributed by atoms with Crippen molar-refractivity contribution in [3.05, 3.63) is 33.9 Å². The van der Waals surface area contributed by atoms with Gasteiger partial charge in [-0.25, -0.2) is 0 Å². The normalized spacial score (nSPS) is 15.8. The van der Waals surface area contributed by atoms with Gasteiger partial charge in [-0.2, -0.15) is 0 Å². The van der Waals surface area contributed by atoms with Crippen LogP contribution in [0.2, 0.25) is 0 Å². The molecule has 0 bridgehead atoms. The molecule has 0 saturated heterocycles. The molecule has 1 aromatic rings. The molecule has 0 aromatic heterocycles. The van der Waals surface area contributed by atoms with Gasteiger partial charge in [-0.15, -0.1) is 0 Å². The summed E-state index contributed by atoms with van der Waals surface area (Å²) in [6, 6.07) is 2.39. The molecular formula is C25H40O2. The second-order valence-electron chi connectivity index (χ2n) is 10.1. The summed E-state index contributed by atoms with van der Waals surface area (Å²) >= 11 is 0. The van der Waals surface area contributed by atoms with Gasteiger partial charge in [0, 0.05) is 0 Å². The average molecular weight is 373 g/mol. The lowest BCUT2D eigenvalue weighted by Gasteiger charge is -2.20. The molecule has 2 heteroatoms. The van der Waals surface area contributed by atoms with E-state index in [0.717, 1.165) is 38.5 Å². The molecule has 0 radical (unpaired) electrons. The molecule has 1 aromatic carbocycles. The molecule has 2 rings (SSSR count). The quantitative estimate of drug-likeness (QED) is 0.451. The molecule has 0 atom stereocenters. The van der Waals surface area contributed by atoms with Crippen LogP contribution in [0, 0.1) is 31.6 Å². The number of unbranched alkanes of at least 4 members (excludes halogenated alkanes) is 2. The number of hydrogen-bond acceptors (Lipinski definition) is 1. The first-order valence-electron chi connectivity index (χ1n) is 10.9. The summed E-state index contributed by atoms with van der Waals surface area (Å²) < 4.78 is 0. The maximum atomic E-state index is 11.3. The van der Waals surface area contributed by atoms with Gasteiger partial charge in [-0.05, 0) is 105 Å². The van der Waals surface area contributed by atoms with Gasteiger partial charge >= 0.3 is 5.97 Å². The van der Waals surface area contributed by atoms with Crippen molar-refractivity contribution in [2.45, 2.75) is 106 Å². The van der Waals surface area contributed by atoms with Crippen LogP contribution in [0.5, 0.6) is 0 Å². The van der Waals surface area contributed by atoms with Crippen molar-refractivity contribution in [3.8, 4) is 0 Å². The number of carboxylic acids is 1. The fraction of sp³-hybridized carbons (Fsp3) is 0.720. The third-order valence-electron chi connectivity index (χ3n) is 6.65. The number of rotatable bonds is 10. The summed E-state index contributed by atoms with van der Waals surface area (Å²) in [5.74, 6) is -0.580. The third kappa shape index (κ3) is 6.09. The largest absolute Gasteiger partial charge is 0.481 e. The van der Waals surface area contributed by atoms with Crippen LogP contribution in [-0.2, 0) is 17.6 Å². The van der Waals surface area contributed by atoms with E-state index >= 15 is 0 Å². The van der Waals surface area contributed by atoms with Crippen LogP contribution in [0.15, 0.2) is 6.07 Å². The fourth-order valence-electron chi connectivity index (χ4n) is 4.25. The topological polar surface area (TPSA) is 37.3 Å². The van der Waals surface area contributed by atoms with E-state index in [1.807, 2.05) is 0 Å². The van der Waals surface area contributed by atoms with Crippen molar-refractivity contribution < 1.29 is 9.90 Å². The molecule has 1 N–H and O–H groups in total. The Kier molecular flexibility index (Phi) is 7.16. The fourth-order valence-corrected chi connectivity index (χ4v) is 4.25. The highest BCUT2D eigenvalue weighted by Gasteiger charge is 2.49. The number of carbonyl (C=O) groups is 1. The van der Waals surface area contributed by atoms with Crippen molar-refractivity contribution >= 4 is 5.97 Å². The molecule has 1 aliphatic carbocycles. The second kappa shape index (κ2) is 8.80. The third-order valence-corrected chi connectivity index (χ3v) is 6.65. The van der Waals surface area contributed by atoms with Gasteiger partial charge in [0.1, 0.15) is 0 Å². The molecule has 27 heavy (non-hydrogen) atoms. The zero-order valence-electron chi connectivity index (χ0n) is 18.5. The molecule has 152 valence electrons. The second-order valence-corrected chi connectivity index (χ2v) is 10.1. The number of hydrogen-bond donors (Lipinski definition) is 1. The van der Waals surface area contributed by atoms with E-state index in [2.05, 4.69) is 47.6 Å². The van der Waals surface area contributed by atoms with Crippen molar-refractivity contribution in [3.63, 3.8) is 0 Å². The van der Waals surface area contributed by atoms with Crippen molar-refractivity contribution in [2.24, 2.45) is 10.8 Å². The Hall–Kier alpha value is -1.31. The van der Waals surface area contributed by atoms with Gasteiger partial charge in [0.25, 0.3) is 0 Å². The van der Waals surface area contributed by atoms with E-state index in [-0.39, 0.29) is 5.41 Å². The first-order chi connectivity index (χ1) is 12.6. The monoisotopic (exact) mass is 372 g/mol. The molecule has 2 nitrogen and oxygen atoms in total. The van der Waals surface area contributed by atoms with Gasteiger partial charge in [-0.1, -0.05) is 39.7 Å². The SMILES string of the molecule is Cc1cc(CCCCC2(C(=O)O)CC2)c(CCCCC(C)(C)C)c(C)c1C. The Morgan fingerprint density at radius 1 is 1.00 bits per heavy atom. The number of aryl methyl sites for hydroxylation is 2. The van der Waals surface area contributed by atoms with Crippen LogP contribution in [0.25, 0.3) is 0 Å². The molecule has 1 fully saturated rings. The molecule has 1 aliphatic rings. The Morgan fingerprint density at radius 2 is 1.63 bits per heavy atom. The van der Waals surface area contributed by atoms with E-state index in [1.165, 1.54) is 47.9 Å². The molecule has 0 spiro atoms. The van der Waals surface area contributed by atoms with E-state index in [4.69, 9.17) is 0 Å². The van der Waals surface area contributed by atoms with E-state index in [9.17, 15) is 9.90 Å². The van der Waals surface area contributed by atoms with E-state index in [1.54, 1.807) is 5.56 Å². The first-order valence-corrected chi connectivity index (χ1v) is 10.9. The predicted molar refractivity (Wildman–Crippen MR) is 115 cm³/mol. The lowest BCUT2D eigenvalue weighted by Crippen LogP contribution is -2.14. The lowest BCUT2D eigenvalue weighted by atomic mass is 9.86. The summed E-state index contributed by atoms with van der Waals surface area (Å²) in [6.07, 6.45) is 10.8. The molecule has 0 heterocycles. The lowest BCUT2D eigenvalue weighted by molar-refractivity contribution is -0.143. The number of benzene rings is 1. The van der Waals surface area contributed by atoms with Crippen LogP contribution in [-0.4, -0.2) is 11.1 Å². The summed E-state index contributed by atoms with van der Waals surface area (Å²) in [5.41, 5.74) is 7.43. The first kappa shape index (κ1) is 22.0. The predicted octanol–water partition coefficient (Wildman–Crippen LogP) is 6.95. The molecular weight excluding hydrogens is 332 g/mol. The average Bonchev–Trinajstić information content (AvgIpc) is 3.36. The standard InChI is InChI=1S/C25H40O2/c1-18-17-21(11-7-10-14-25(15-16-25)23(26)27)22(20(3)19(18)2)12-8-9-13-24(4,5)6/h17H,7-16H2,1-6H3,(H,26,27). The van der Waals surface area contributed by atoms with Crippen molar-refractivity contribution in [1.82, 2.24) is 0 Å². The zero-order valence-corrected chi connectivity index (χ0v) is 18.5. The Morgan fingerprint density at radius 3 is 2.19 bits per heavy atom. The van der Waals surface area contributed by atoms with Crippen molar-refractivity contribution in [2.75, 3.05) is 0 Å². The summed E-state index contributed by atoms with van der Waals surface area (Å²) in [5, 5.41) is 9.35. The summed E-state index contributed by atoms with van der Waals surface area (Å²) in [6.45, 7) is 13.7. The minimum Gasteiger partial charge on any atom is -0.481 e. The highest BCUT2D eigenvalue weighted by molar-refractivity contribution is 5.77. The maximum absolute atomic E-state index is 11.3. The van der Waals surface area contributed by atoms with Gasteiger partial charge in [0.05, 0.1) is 5.41 Å².